The maximum absolute atomic E-state index is 11.8. The number of hydrogen-bond donors (Lipinski definition) is 1. The number of aliphatic hydroxyl groups excluding tert-OH is 1. The SMILES string of the molecule is COP(=O)(OC)[C@H](O)c1ccc([N+](=O)[O-])cc1. The Balaban J connectivity index is 3.01. The molecule has 7 nitrogen and oxygen atoms in total. The van der Waals surface area contributed by atoms with Crippen molar-refractivity contribution >= 4 is 13.3 Å². The van der Waals surface area contributed by atoms with Crippen molar-refractivity contribution in [3.05, 3.63) is 39.9 Å². The highest BCUT2D eigenvalue weighted by molar-refractivity contribution is 7.53. The Morgan fingerprint density at radius 3 is 2.12 bits per heavy atom. The summed E-state index contributed by atoms with van der Waals surface area (Å²) in [6, 6.07) is 5.00. The Hall–Kier alpha value is -1.27. The molecule has 1 aromatic carbocycles. The molecular weight excluding hydrogens is 249 g/mol. The second kappa shape index (κ2) is 5.37. The number of aliphatic hydroxyl groups is 1. The Morgan fingerprint density at radius 1 is 1.29 bits per heavy atom. The standard InChI is InChI=1S/C9H12NO6P/c1-15-17(14,16-2)9(11)7-3-5-8(6-4-7)10(12)13/h3-6,9,11H,1-2H3/t9-/m0/s1. The molecule has 0 saturated carbocycles. The predicted molar refractivity (Wildman–Crippen MR) is 59.7 cm³/mol. The third kappa shape index (κ3) is 2.89. The molecule has 8 heteroatoms. The minimum atomic E-state index is -3.65. The van der Waals surface area contributed by atoms with Crippen molar-refractivity contribution in [1.29, 1.82) is 0 Å². The van der Waals surface area contributed by atoms with Crippen LogP contribution < -0.4 is 0 Å². The molecule has 1 atom stereocenters. The van der Waals surface area contributed by atoms with Crippen LogP contribution in [-0.4, -0.2) is 24.2 Å². The summed E-state index contributed by atoms with van der Waals surface area (Å²) >= 11 is 0. The number of non-ortho nitro benzene ring substituents is 1. The second-order valence-corrected chi connectivity index (χ2v) is 5.43. The van der Waals surface area contributed by atoms with Gasteiger partial charge in [-0.3, -0.25) is 14.7 Å². The van der Waals surface area contributed by atoms with Gasteiger partial charge in [0.1, 0.15) is 0 Å². The van der Waals surface area contributed by atoms with Gasteiger partial charge in [-0.05, 0) is 17.7 Å². The zero-order valence-electron chi connectivity index (χ0n) is 9.27. The lowest BCUT2D eigenvalue weighted by Crippen LogP contribution is -2.02. The molecule has 0 unspecified atom stereocenters. The van der Waals surface area contributed by atoms with Crippen LogP contribution in [0.15, 0.2) is 24.3 Å². The van der Waals surface area contributed by atoms with Crippen LogP contribution in [0.1, 0.15) is 11.4 Å². The minimum absolute atomic E-state index is 0.120. The first-order valence-corrected chi connectivity index (χ1v) is 6.19. The van der Waals surface area contributed by atoms with E-state index in [4.69, 9.17) is 0 Å². The molecule has 0 aliphatic heterocycles. The summed E-state index contributed by atoms with van der Waals surface area (Å²) in [4.78, 5) is 9.86. The lowest BCUT2D eigenvalue weighted by Gasteiger charge is -2.19. The van der Waals surface area contributed by atoms with Crippen molar-refractivity contribution in [3.63, 3.8) is 0 Å². The van der Waals surface area contributed by atoms with E-state index in [2.05, 4.69) is 9.05 Å². The van der Waals surface area contributed by atoms with Crippen LogP contribution in [0.25, 0.3) is 0 Å². The largest absolute Gasteiger partial charge is 0.376 e. The molecule has 1 aromatic rings. The van der Waals surface area contributed by atoms with E-state index >= 15 is 0 Å². The molecule has 0 aliphatic carbocycles. The highest BCUT2D eigenvalue weighted by Crippen LogP contribution is 2.58. The zero-order chi connectivity index (χ0) is 13.1. The maximum Gasteiger partial charge on any atom is 0.362 e. The molecule has 0 radical (unpaired) electrons. The van der Waals surface area contributed by atoms with Gasteiger partial charge in [-0.2, -0.15) is 0 Å². The normalized spacial score (nSPS) is 13.4. The fraction of sp³-hybridized carbons (Fsp3) is 0.333. The van der Waals surface area contributed by atoms with Gasteiger partial charge in [-0.15, -0.1) is 0 Å². The summed E-state index contributed by atoms with van der Waals surface area (Å²) in [5.74, 6) is -1.47. The number of nitro groups is 1. The van der Waals surface area contributed by atoms with Crippen molar-refractivity contribution in [2.45, 2.75) is 5.85 Å². The van der Waals surface area contributed by atoms with Gasteiger partial charge in [0.05, 0.1) is 4.92 Å². The van der Waals surface area contributed by atoms with Crippen LogP contribution in [0.3, 0.4) is 0 Å². The van der Waals surface area contributed by atoms with Crippen molar-refractivity contribution in [3.8, 4) is 0 Å². The van der Waals surface area contributed by atoms with Crippen molar-refractivity contribution in [2.75, 3.05) is 14.2 Å². The van der Waals surface area contributed by atoms with E-state index < -0.39 is 18.4 Å². The molecule has 0 saturated heterocycles. The first-order chi connectivity index (χ1) is 7.94. The average molecular weight is 261 g/mol. The Morgan fingerprint density at radius 2 is 1.76 bits per heavy atom. The van der Waals surface area contributed by atoms with Gasteiger partial charge in [0.25, 0.3) is 5.69 Å². The molecule has 17 heavy (non-hydrogen) atoms. The molecular formula is C9H12NO6P. The van der Waals surface area contributed by atoms with E-state index in [1.807, 2.05) is 0 Å². The van der Waals surface area contributed by atoms with Crippen molar-refractivity contribution in [2.24, 2.45) is 0 Å². The zero-order valence-corrected chi connectivity index (χ0v) is 10.2. The topological polar surface area (TPSA) is 98.9 Å². The van der Waals surface area contributed by atoms with Crippen molar-refractivity contribution in [1.82, 2.24) is 0 Å². The Kier molecular flexibility index (Phi) is 4.36. The number of hydrogen-bond acceptors (Lipinski definition) is 6. The number of nitrogens with zero attached hydrogens (tertiary/aromatic N) is 1. The summed E-state index contributed by atoms with van der Waals surface area (Å²) in [5.41, 5.74) is 0.105. The quantitative estimate of drug-likeness (QED) is 0.494. The summed E-state index contributed by atoms with van der Waals surface area (Å²) in [5, 5.41) is 20.2. The van der Waals surface area contributed by atoms with Gasteiger partial charge in [-0.1, -0.05) is 0 Å². The molecule has 1 rings (SSSR count). The highest BCUT2D eigenvalue weighted by atomic mass is 31.2. The minimum Gasteiger partial charge on any atom is -0.376 e. The predicted octanol–water partition coefficient (Wildman–Crippen LogP) is 2.07. The highest BCUT2D eigenvalue weighted by Gasteiger charge is 2.33. The first kappa shape index (κ1) is 13.8. The van der Waals surface area contributed by atoms with E-state index in [-0.39, 0.29) is 11.3 Å². The number of nitro benzene ring substituents is 1. The summed E-state index contributed by atoms with van der Waals surface area (Å²) < 4.78 is 21.1. The average Bonchev–Trinajstić information content (AvgIpc) is 2.37. The molecule has 94 valence electrons. The van der Waals surface area contributed by atoms with E-state index in [0.717, 1.165) is 14.2 Å². The van der Waals surface area contributed by atoms with Gasteiger partial charge >= 0.3 is 7.60 Å². The first-order valence-electron chi connectivity index (χ1n) is 4.58. The molecule has 0 bridgehead atoms. The van der Waals surface area contributed by atoms with E-state index in [0.29, 0.717) is 0 Å². The molecule has 0 amide bonds. The van der Waals surface area contributed by atoms with Crippen LogP contribution in [-0.2, 0) is 13.6 Å². The molecule has 0 spiro atoms. The molecule has 0 fully saturated rings. The van der Waals surface area contributed by atoms with Crippen LogP contribution in [0.4, 0.5) is 5.69 Å². The lowest BCUT2D eigenvalue weighted by atomic mass is 10.2. The summed E-state index contributed by atoms with van der Waals surface area (Å²) in [6.07, 6.45) is 0. The molecule has 1 N–H and O–H groups in total. The molecule has 0 aliphatic rings. The van der Waals surface area contributed by atoms with Gasteiger partial charge in [0.15, 0.2) is 5.85 Å². The Labute approximate surface area is 97.7 Å². The van der Waals surface area contributed by atoms with Gasteiger partial charge in [0, 0.05) is 26.4 Å². The van der Waals surface area contributed by atoms with E-state index in [1.54, 1.807) is 0 Å². The summed E-state index contributed by atoms with van der Waals surface area (Å²) in [6.45, 7) is 0. The molecule has 0 heterocycles. The fourth-order valence-electron chi connectivity index (χ4n) is 1.22. The second-order valence-electron chi connectivity index (χ2n) is 3.13. The van der Waals surface area contributed by atoms with Crippen LogP contribution in [0.2, 0.25) is 0 Å². The third-order valence-corrected chi connectivity index (χ3v) is 4.13. The van der Waals surface area contributed by atoms with Gasteiger partial charge in [0.2, 0.25) is 0 Å². The van der Waals surface area contributed by atoms with Crippen molar-refractivity contribution < 1.29 is 23.6 Å². The van der Waals surface area contributed by atoms with Crippen LogP contribution in [0, 0.1) is 10.1 Å². The lowest BCUT2D eigenvalue weighted by molar-refractivity contribution is -0.384. The fourth-order valence-corrected chi connectivity index (χ4v) is 2.31. The van der Waals surface area contributed by atoms with E-state index in [1.165, 1.54) is 24.3 Å². The maximum atomic E-state index is 11.8. The number of benzene rings is 1. The van der Waals surface area contributed by atoms with Gasteiger partial charge < -0.3 is 14.2 Å². The van der Waals surface area contributed by atoms with Crippen LogP contribution >= 0.6 is 7.60 Å². The monoisotopic (exact) mass is 261 g/mol. The third-order valence-electron chi connectivity index (χ3n) is 2.21. The van der Waals surface area contributed by atoms with Crippen LogP contribution in [0.5, 0.6) is 0 Å². The van der Waals surface area contributed by atoms with E-state index in [9.17, 15) is 19.8 Å². The Bertz CT molecular complexity index is 437. The van der Waals surface area contributed by atoms with Gasteiger partial charge in [-0.25, -0.2) is 0 Å². The summed E-state index contributed by atoms with van der Waals surface area (Å²) in [7, 11) is -1.34. The number of rotatable bonds is 5. The molecule has 0 aromatic heterocycles. The smallest absolute Gasteiger partial charge is 0.362 e.